The Labute approximate surface area is 104 Å². The second-order valence-corrected chi connectivity index (χ2v) is 6.05. The molecule has 2 aromatic heterocycles. The molecule has 0 saturated heterocycles. The fourth-order valence-electron chi connectivity index (χ4n) is 1.43. The Hall–Kier alpha value is -0.780. The van der Waals surface area contributed by atoms with Crippen LogP contribution >= 0.6 is 22.7 Å². The molecule has 5 heteroatoms. The molecule has 0 aliphatic heterocycles. The summed E-state index contributed by atoms with van der Waals surface area (Å²) in [5, 5.41) is 4.65. The molecule has 0 aliphatic rings. The first-order chi connectivity index (χ1) is 7.75. The molecule has 2 rings (SSSR count). The highest BCUT2D eigenvalue weighted by Gasteiger charge is 2.08. The molecule has 0 fully saturated rings. The molecule has 0 aromatic carbocycles. The molecule has 16 heavy (non-hydrogen) atoms. The van der Waals surface area contributed by atoms with Gasteiger partial charge in [0.1, 0.15) is 0 Å². The van der Waals surface area contributed by atoms with Gasteiger partial charge in [0, 0.05) is 41.2 Å². The minimum atomic E-state index is 0.478. The van der Waals surface area contributed by atoms with E-state index in [1.54, 1.807) is 22.7 Å². The maximum Gasteiger partial charge on any atom is 0.0968 e. The molecular formula is C11H15N3S2. The molecule has 3 nitrogen and oxygen atoms in total. The Morgan fingerprint density at radius 1 is 1.44 bits per heavy atom. The van der Waals surface area contributed by atoms with Gasteiger partial charge in [0.05, 0.1) is 10.5 Å². The Morgan fingerprint density at radius 3 is 2.94 bits per heavy atom. The van der Waals surface area contributed by atoms with Gasteiger partial charge in [0.2, 0.25) is 0 Å². The Balaban J connectivity index is 1.78. The lowest BCUT2D eigenvalue weighted by atomic mass is 10.2. The fraction of sp³-hybridized carbons (Fsp3) is 0.455. The number of nitrogens with zero attached hydrogens (tertiary/aromatic N) is 2. The standard InChI is InChI=1S/C11H15N3S2/c1-8(11-14-4-9(2)16-11)3-12-5-10-6-13-7-15-10/h4,6-8,12H,3,5H2,1-2H3. The number of aromatic nitrogens is 2. The van der Waals surface area contributed by atoms with Gasteiger partial charge in [-0.2, -0.15) is 0 Å². The molecule has 2 heterocycles. The van der Waals surface area contributed by atoms with E-state index >= 15 is 0 Å². The third-order valence-corrected chi connectivity index (χ3v) is 4.22. The van der Waals surface area contributed by atoms with Gasteiger partial charge in [-0.15, -0.1) is 22.7 Å². The van der Waals surface area contributed by atoms with Gasteiger partial charge >= 0.3 is 0 Å². The second-order valence-electron chi connectivity index (χ2n) is 3.81. The number of rotatable bonds is 5. The lowest BCUT2D eigenvalue weighted by Crippen LogP contribution is -2.19. The van der Waals surface area contributed by atoms with Gasteiger partial charge in [-0.1, -0.05) is 6.92 Å². The summed E-state index contributed by atoms with van der Waals surface area (Å²) in [5.41, 5.74) is 1.87. The summed E-state index contributed by atoms with van der Waals surface area (Å²) < 4.78 is 0. The average molecular weight is 253 g/mol. The van der Waals surface area contributed by atoms with Gasteiger partial charge in [-0.05, 0) is 6.92 Å². The molecule has 0 bridgehead atoms. The summed E-state index contributed by atoms with van der Waals surface area (Å²) in [6.45, 7) is 6.17. The van der Waals surface area contributed by atoms with E-state index in [-0.39, 0.29) is 0 Å². The van der Waals surface area contributed by atoms with E-state index in [1.165, 1.54) is 14.8 Å². The van der Waals surface area contributed by atoms with Crippen LogP contribution in [-0.2, 0) is 6.54 Å². The summed E-state index contributed by atoms with van der Waals surface area (Å²) in [6, 6.07) is 0. The summed E-state index contributed by atoms with van der Waals surface area (Å²) in [5.74, 6) is 0.478. The second kappa shape index (κ2) is 5.52. The van der Waals surface area contributed by atoms with Crippen LogP contribution in [0.2, 0.25) is 0 Å². The SMILES string of the molecule is Cc1cnc(C(C)CNCc2cncs2)s1. The van der Waals surface area contributed by atoms with Crippen molar-refractivity contribution in [3.05, 3.63) is 32.7 Å². The Bertz CT molecular complexity index is 422. The van der Waals surface area contributed by atoms with E-state index < -0.39 is 0 Å². The summed E-state index contributed by atoms with van der Waals surface area (Å²) in [6.07, 6.45) is 3.86. The smallest absolute Gasteiger partial charge is 0.0968 e. The summed E-state index contributed by atoms with van der Waals surface area (Å²) in [7, 11) is 0. The molecule has 0 aliphatic carbocycles. The van der Waals surface area contributed by atoms with Gasteiger partial charge in [-0.3, -0.25) is 4.98 Å². The van der Waals surface area contributed by atoms with Crippen molar-refractivity contribution in [3.8, 4) is 0 Å². The number of thiazole rings is 2. The van der Waals surface area contributed by atoms with Crippen molar-refractivity contribution in [2.75, 3.05) is 6.54 Å². The van der Waals surface area contributed by atoms with Crippen molar-refractivity contribution in [2.24, 2.45) is 0 Å². The summed E-state index contributed by atoms with van der Waals surface area (Å²) in [4.78, 5) is 11.0. The largest absolute Gasteiger partial charge is 0.311 e. The topological polar surface area (TPSA) is 37.8 Å². The number of nitrogens with one attached hydrogen (secondary N) is 1. The molecule has 1 unspecified atom stereocenters. The zero-order valence-electron chi connectivity index (χ0n) is 9.43. The molecule has 1 N–H and O–H groups in total. The van der Waals surface area contributed by atoms with Crippen LogP contribution in [0.5, 0.6) is 0 Å². The predicted molar refractivity (Wildman–Crippen MR) is 69.1 cm³/mol. The normalized spacial score (nSPS) is 12.9. The Kier molecular flexibility index (Phi) is 4.04. The molecule has 1 atom stereocenters. The lowest BCUT2D eigenvalue weighted by Gasteiger charge is -2.08. The molecule has 0 radical (unpaired) electrons. The van der Waals surface area contributed by atoms with E-state index in [0.29, 0.717) is 5.92 Å². The highest BCUT2D eigenvalue weighted by molar-refractivity contribution is 7.11. The first kappa shape index (κ1) is 11.7. The van der Waals surface area contributed by atoms with Crippen LogP contribution in [0.15, 0.2) is 17.9 Å². The van der Waals surface area contributed by atoms with Crippen molar-refractivity contribution in [1.82, 2.24) is 15.3 Å². The minimum absolute atomic E-state index is 0.478. The highest BCUT2D eigenvalue weighted by atomic mass is 32.1. The number of hydrogen-bond donors (Lipinski definition) is 1. The van der Waals surface area contributed by atoms with Gasteiger partial charge in [0.15, 0.2) is 0 Å². The van der Waals surface area contributed by atoms with Crippen LogP contribution in [0, 0.1) is 6.92 Å². The number of hydrogen-bond acceptors (Lipinski definition) is 5. The first-order valence-corrected chi connectivity index (χ1v) is 6.95. The molecular weight excluding hydrogens is 238 g/mol. The quantitative estimate of drug-likeness (QED) is 0.890. The van der Waals surface area contributed by atoms with E-state index in [1.807, 2.05) is 17.9 Å². The Morgan fingerprint density at radius 2 is 2.31 bits per heavy atom. The maximum absolute atomic E-state index is 4.40. The number of aryl methyl sites for hydroxylation is 1. The van der Waals surface area contributed by atoms with Crippen LogP contribution in [0.4, 0.5) is 0 Å². The molecule has 2 aromatic rings. The van der Waals surface area contributed by atoms with Crippen LogP contribution in [0.1, 0.15) is 27.6 Å². The summed E-state index contributed by atoms with van der Waals surface area (Å²) >= 11 is 3.47. The minimum Gasteiger partial charge on any atom is -0.311 e. The zero-order valence-corrected chi connectivity index (χ0v) is 11.1. The average Bonchev–Trinajstić information content (AvgIpc) is 2.89. The van der Waals surface area contributed by atoms with Crippen molar-refractivity contribution < 1.29 is 0 Å². The van der Waals surface area contributed by atoms with Crippen LogP contribution in [0.25, 0.3) is 0 Å². The highest BCUT2D eigenvalue weighted by Crippen LogP contribution is 2.20. The zero-order chi connectivity index (χ0) is 11.4. The van der Waals surface area contributed by atoms with Crippen molar-refractivity contribution >= 4 is 22.7 Å². The van der Waals surface area contributed by atoms with E-state index in [0.717, 1.165) is 13.1 Å². The van der Waals surface area contributed by atoms with E-state index in [2.05, 4.69) is 29.1 Å². The third kappa shape index (κ3) is 3.10. The molecule has 0 amide bonds. The molecule has 86 valence electrons. The molecule has 0 saturated carbocycles. The van der Waals surface area contributed by atoms with Gasteiger partial charge in [0.25, 0.3) is 0 Å². The van der Waals surface area contributed by atoms with E-state index in [9.17, 15) is 0 Å². The molecule has 0 spiro atoms. The van der Waals surface area contributed by atoms with Crippen molar-refractivity contribution in [2.45, 2.75) is 26.3 Å². The fourth-order valence-corrected chi connectivity index (χ4v) is 2.82. The monoisotopic (exact) mass is 253 g/mol. The van der Waals surface area contributed by atoms with Gasteiger partial charge < -0.3 is 5.32 Å². The van der Waals surface area contributed by atoms with Gasteiger partial charge in [-0.25, -0.2) is 4.98 Å². The maximum atomic E-state index is 4.40. The van der Waals surface area contributed by atoms with Crippen LogP contribution < -0.4 is 5.32 Å². The van der Waals surface area contributed by atoms with Crippen molar-refractivity contribution in [3.63, 3.8) is 0 Å². The van der Waals surface area contributed by atoms with Crippen LogP contribution in [0.3, 0.4) is 0 Å². The van der Waals surface area contributed by atoms with Crippen LogP contribution in [-0.4, -0.2) is 16.5 Å². The predicted octanol–water partition coefficient (Wildman–Crippen LogP) is 2.80. The third-order valence-electron chi connectivity index (χ3n) is 2.29. The lowest BCUT2D eigenvalue weighted by molar-refractivity contribution is 0.616. The van der Waals surface area contributed by atoms with E-state index in [4.69, 9.17) is 0 Å². The van der Waals surface area contributed by atoms with Crippen molar-refractivity contribution in [1.29, 1.82) is 0 Å². The first-order valence-electron chi connectivity index (χ1n) is 5.26.